The number of nitro benzene ring substituents is 1. The van der Waals surface area contributed by atoms with Crippen molar-refractivity contribution in [3.8, 4) is 0 Å². The quantitative estimate of drug-likeness (QED) is 0.498. The maximum Gasteiger partial charge on any atom is 0.344 e. The molecule has 0 amide bonds. The van der Waals surface area contributed by atoms with Gasteiger partial charge in [0.25, 0.3) is 5.69 Å². The van der Waals surface area contributed by atoms with Crippen LogP contribution in [-0.4, -0.2) is 32.1 Å². The molecule has 126 valence electrons. The van der Waals surface area contributed by atoms with Crippen molar-refractivity contribution < 1.29 is 14.5 Å². The molecule has 1 N–H and O–H groups in total. The fourth-order valence-electron chi connectivity index (χ4n) is 2.19. The number of carbonyl (C=O) groups is 1. The SMILES string of the molecule is COC(=O)c1cc(NCc2ccc(N(C)C)cc2)ccc1[N+](=O)[O-]. The lowest BCUT2D eigenvalue weighted by Gasteiger charge is -2.13. The number of hydrogen-bond donors (Lipinski definition) is 1. The molecule has 0 saturated heterocycles. The second-order valence-corrected chi connectivity index (χ2v) is 5.40. The summed E-state index contributed by atoms with van der Waals surface area (Å²) in [5.41, 5.74) is 2.41. The molecule has 7 heteroatoms. The summed E-state index contributed by atoms with van der Waals surface area (Å²) < 4.78 is 4.60. The number of carbonyl (C=O) groups excluding carboxylic acids is 1. The Bertz CT molecular complexity index is 742. The lowest BCUT2D eigenvalue weighted by atomic mass is 10.1. The van der Waals surface area contributed by atoms with Crippen LogP contribution in [0.3, 0.4) is 0 Å². The van der Waals surface area contributed by atoms with Crippen LogP contribution in [-0.2, 0) is 11.3 Å². The van der Waals surface area contributed by atoms with Crippen LogP contribution in [0.1, 0.15) is 15.9 Å². The van der Waals surface area contributed by atoms with E-state index in [0.29, 0.717) is 12.2 Å². The summed E-state index contributed by atoms with van der Waals surface area (Å²) in [7, 11) is 5.13. The van der Waals surface area contributed by atoms with Crippen LogP contribution < -0.4 is 10.2 Å². The summed E-state index contributed by atoms with van der Waals surface area (Å²) in [6.07, 6.45) is 0. The molecule has 0 atom stereocenters. The van der Waals surface area contributed by atoms with Crippen molar-refractivity contribution in [3.63, 3.8) is 0 Å². The summed E-state index contributed by atoms with van der Waals surface area (Å²) in [6.45, 7) is 0.534. The molecule has 0 spiro atoms. The van der Waals surface area contributed by atoms with E-state index in [2.05, 4.69) is 10.1 Å². The van der Waals surface area contributed by atoms with E-state index in [0.717, 1.165) is 11.3 Å². The normalized spacial score (nSPS) is 10.1. The maximum atomic E-state index is 11.7. The molecule has 0 radical (unpaired) electrons. The molecule has 0 bridgehead atoms. The van der Waals surface area contributed by atoms with E-state index in [9.17, 15) is 14.9 Å². The first-order chi connectivity index (χ1) is 11.4. The smallest absolute Gasteiger partial charge is 0.344 e. The molecule has 0 aromatic heterocycles. The van der Waals surface area contributed by atoms with Gasteiger partial charge in [-0.3, -0.25) is 10.1 Å². The van der Waals surface area contributed by atoms with Crippen LogP contribution in [0.2, 0.25) is 0 Å². The second kappa shape index (κ2) is 7.45. The number of nitrogens with zero attached hydrogens (tertiary/aromatic N) is 2. The fraction of sp³-hybridized carbons (Fsp3) is 0.235. The average molecular weight is 329 g/mol. The highest BCUT2D eigenvalue weighted by Gasteiger charge is 2.21. The molecule has 0 aliphatic rings. The van der Waals surface area contributed by atoms with Crippen molar-refractivity contribution in [2.75, 3.05) is 31.4 Å². The monoisotopic (exact) mass is 329 g/mol. The van der Waals surface area contributed by atoms with Gasteiger partial charge in [-0.25, -0.2) is 4.79 Å². The van der Waals surface area contributed by atoms with E-state index in [-0.39, 0.29) is 11.3 Å². The van der Waals surface area contributed by atoms with Crippen molar-refractivity contribution in [2.24, 2.45) is 0 Å². The molecule has 7 nitrogen and oxygen atoms in total. The zero-order valence-electron chi connectivity index (χ0n) is 13.8. The van der Waals surface area contributed by atoms with Crippen molar-refractivity contribution in [1.29, 1.82) is 0 Å². The molecule has 2 aromatic carbocycles. The minimum Gasteiger partial charge on any atom is -0.465 e. The number of benzene rings is 2. The summed E-state index contributed by atoms with van der Waals surface area (Å²) in [4.78, 5) is 24.1. The summed E-state index contributed by atoms with van der Waals surface area (Å²) in [5, 5.41) is 14.1. The van der Waals surface area contributed by atoms with Crippen LogP contribution in [0, 0.1) is 10.1 Å². The number of nitrogens with one attached hydrogen (secondary N) is 1. The van der Waals surface area contributed by atoms with Crippen LogP contribution >= 0.6 is 0 Å². The Hall–Kier alpha value is -3.09. The van der Waals surface area contributed by atoms with Crippen molar-refractivity contribution in [2.45, 2.75) is 6.54 Å². The molecule has 0 saturated carbocycles. The maximum absolute atomic E-state index is 11.7. The van der Waals surface area contributed by atoms with Gasteiger partial charge >= 0.3 is 5.97 Å². The first-order valence-corrected chi connectivity index (χ1v) is 7.29. The second-order valence-electron chi connectivity index (χ2n) is 5.40. The van der Waals surface area contributed by atoms with Gasteiger partial charge in [-0.1, -0.05) is 12.1 Å². The van der Waals surface area contributed by atoms with Crippen LogP contribution in [0.25, 0.3) is 0 Å². The highest BCUT2D eigenvalue weighted by molar-refractivity contribution is 5.95. The molecule has 0 aliphatic heterocycles. The van der Waals surface area contributed by atoms with E-state index >= 15 is 0 Å². The number of hydrogen-bond acceptors (Lipinski definition) is 6. The summed E-state index contributed by atoms with van der Waals surface area (Å²) in [6, 6.07) is 12.3. The molecule has 0 aliphatic carbocycles. The third-order valence-electron chi connectivity index (χ3n) is 3.55. The Morgan fingerprint density at radius 2 is 1.88 bits per heavy atom. The minimum absolute atomic E-state index is 0.0737. The first-order valence-electron chi connectivity index (χ1n) is 7.29. The van der Waals surface area contributed by atoms with E-state index in [1.165, 1.54) is 19.2 Å². The Morgan fingerprint density at radius 3 is 2.42 bits per heavy atom. The average Bonchev–Trinajstić information content (AvgIpc) is 2.59. The number of esters is 1. The van der Waals surface area contributed by atoms with Crippen molar-refractivity contribution >= 4 is 23.0 Å². The molecule has 0 fully saturated rings. The van der Waals surface area contributed by atoms with Gasteiger partial charge in [-0.15, -0.1) is 0 Å². The summed E-state index contributed by atoms with van der Waals surface area (Å²) >= 11 is 0. The molecular formula is C17H19N3O4. The Morgan fingerprint density at radius 1 is 1.21 bits per heavy atom. The first kappa shape index (κ1) is 17.3. The Balaban J connectivity index is 2.15. The molecular weight excluding hydrogens is 310 g/mol. The van der Waals surface area contributed by atoms with E-state index < -0.39 is 10.9 Å². The van der Waals surface area contributed by atoms with Gasteiger partial charge in [0.05, 0.1) is 12.0 Å². The lowest BCUT2D eigenvalue weighted by Crippen LogP contribution is -2.09. The van der Waals surface area contributed by atoms with Gasteiger partial charge in [0.15, 0.2) is 0 Å². The van der Waals surface area contributed by atoms with Gasteiger partial charge in [0.2, 0.25) is 0 Å². The molecule has 24 heavy (non-hydrogen) atoms. The Labute approximate surface area is 140 Å². The van der Waals surface area contributed by atoms with Crippen molar-refractivity contribution in [3.05, 3.63) is 63.7 Å². The fourth-order valence-corrected chi connectivity index (χ4v) is 2.19. The topological polar surface area (TPSA) is 84.7 Å². The number of nitro groups is 1. The molecule has 2 aromatic rings. The van der Waals surface area contributed by atoms with Gasteiger partial charge in [0.1, 0.15) is 5.56 Å². The van der Waals surface area contributed by atoms with Gasteiger partial charge in [-0.2, -0.15) is 0 Å². The number of ether oxygens (including phenoxy) is 1. The highest BCUT2D eigenvalue weighted by atomic mass is 16.6. The third-order valence-corrected chi connectivity index (χ3v) is 3.55. The van der Waals surface area contributed by atoms with E-state index in [1.54, 1.807) is 6.07 Å². The standard InChI is InChI=1S/C17H19N3O4/c1-19(2)14-7-4-12(5-8-14)11-18-13-6-9-16(20(22)23)15(10-13)17(21)24-3/h4-10,18H,11H2,1-3H3. The van der Waals surface area contributed by atoms with E-state index in [1.807, 2.05) is 43.3 Å². The molecule has 0 unspecified atom stereocenters. The van der Waals surface area contributed by atoms with Gasteiger partial charge in [-0.05, 0) is 29.8 Å². The van der Waals surface area contributed by atoms with Gasteiger partial charge in [0, 0.05) is 38.1 Å². The van der Waals surface area contributed by atoms with Gasteiger partial charge < -0.3 is 15.0 Å². The third kappa shape index (κ3) is 4.01. The van der Waals surface area contributed by atoms with Crippen LogP contribution in [0.15, 0.2) is 42.5 Å². The largest absolute Gasteiger partial charge is 0.465 e. The number of methoxy groups -OCH3 is 1. The zero-order valence-corrected chi connectivity index (χ0v) is 13.8. The van der Waals surface area contributed by atoms with Crippen LogP contribution in [0.5, 0.6) is 0 Å². The Kier molecular flexibility index (Phi) is 5.36. The van der Waals surface area contributed by atoms with Crippen molar-refractivity contribution in [1.82, 2.24) is 0 Å². The van der Waals surface area contributed by atoms with E-state index in [4.69, 9.17) is 0 Å². The molecule has 2 rings (SSSR count). The zero-order chi connectivity index (χ0) is 17.7. The van der Waals surface area contributed by atoms with Crippen LogP contribution in [0.4, 0.5) is 17.1 Å². The molecule has 0 heterocycles. The lowest BCUT2D eigenvalue weighted by molar-refractivity contribution is -0.385. The summed E-state index contributed by atoms with van der Waals surface area (Å²) in [5.74, 6) is -0.735. The number of rotatable bonds is 6. The predicted octanol–water partition coefficient (Wildman–Crippen LogP) is 3.06. The highest BCUT2D eigenvalue weighted by Crippen LogP contribution is 2.24. The minimum atomic E-state index is -0.735. The predicted molar refractivity (Wildman–Crippen MR) is 92.5 cm³/mol. The number of anilines is 2.